The number of urea groups is 1. The summed E-state index contributed by atoms with van der Waals surface area (Å²) in [6.07, 6.45) is 1.63. The van der Waals surface area contributed by atoms with E-state index in [0.717, 1.165) is 11.3 Å². The van der Waals surface area contributed by atoms with Crippen molar-refractivity contribution in [2.45, 2.75) is 6.54 Å². The summed E-state index contributed by atoms with van der Waals surface area (Å²) in [6, 6.07) is 10.2. The number of anilines is 1. The maximum Gasteiger partial charge on any atom is 0.319 e. The van der Waals surface area contributed by atoms with Gasteiger partial charge in [0.1, 0.15) is 11.4 Å². The standard InChI is InChI=1S/C15H17N3O3/c1-18-9-3-4-13(14(18)19)17-15(20)16-10-11-5-7-12(21-2)8-6-11/h3-9H,10H2,1-2H3,(H2,16,17,20). The number of carbonyl (C=O) groups is 1. The number of nitrogens with zero attached hydrogens (tertiary/aromatic N) is 1. The van der Waals surface area contributed by atoms with E-state index in [1.54, 1.807) is 32.5 Å². The highest BCUT2D eigenvalue weighted by Crippen LogP contribution is 2.10. The number of rotatable bonds is 4. The van der Waals surface area contributed by atoms with E-state index in [2.05, 4.69) is 10.6 Å². The van der Waals surface area contributed by atoms with Crippen LogP contribution < -0.4 is 20.9 Å². The van der Waals surface area contributed by atoms with Gasteiger partial charge in [-0.3, -0.25) is 4.79 Å². The second kappa shape index (κ2) is 6.60. The maximum absolute atomic E-state index is 11.8. The Morgan fingerprint density at radius 3 is 2.62 bits per heavy atom. The van der Waals surface area contributed by atoms with Crippen LogP contribution in [0.15, 0.2) is 47.4 Å². The molecule has 1 heterocycles. The lowest BCUT2D eigenvalue weighted by Gasteiger charge is -2.08. The SMILES string of the molecule is COc1ccc(CNC(=O)Nc2cccn(C)c2=O)cc1. The number of hydrogen-bond donors (Lipinski definition) is 2. The second-order valence-corrected chi connectivity index (χ2v) is 4.49. The van der Waals surface area contributed by atoms with Crippen LogP contribution in [0, 0.1) is 0 Å². The summed E-state index contributed by atoms with van der Waals surface area (Å²) < 4.78 is 6.46. The Bertz CT molecular complexity index is 677. The van der Waals surface area contributed by atoms with Crippen molar-refractivity contribution in [3.8, 4) is 5.75 Å². The number of methoxy groups -OCH3 is 1. The van der Waals surface area contributed by atoms with Crippen molar-refractivity contribution in [1.29, 1.82) is 0 Å². The summed E-state index contributed by atoms with van der Waals surface area (Å²) in [6.45, 7) is 0.364. The molecule has 0 saturated carbocycles. The Balaban J connectivity index is 1.92. The van der Waals surface area contributed by atoms with Gasteiger partial charge in [0.15, 0.2) is 0 Å². The molecular weight excluding hydrogens is 270 g/mol. The zero-order valence-electron chi connectivity index (χ0n) is 11.9. The average Bonchev–Trinajstić information content (AvgIpc) is 2.50. The van der Waals surface area contributed by atoms with Crippen molar-refractivity contribution in [2.24, 2.45) is 7.05 Å². The predicted octanol–water partition coefficient (Wildman–Crippen LogP) is 1.72. The molecule has 0 fully saturated rings. The zero-order chi connectivity index (χ0) is 15.2. The Hall–Kier alpha value is -2.76. The fraction of sp³-hybridized carbons (Fsp3) is 0.200. The van der Waals surface area contributed by atoms with Crippen molar-refractivity contribution >= 4 is 11.7 Å². The van der Waals surface area contributed by atoms with E-state index in [9.17, 15) is 9.59 Å². The van der Waals surface area contributed by atoms with Crippen molar-refractivity contribution in [3.63, 3.8) is 0 Å². The van der Waals surface area contributed by atoms with Crippen LogP contribution in [0.2, 0.25) is 0 Å². The van der Waals surface area contributed by atoms with Crippen LogP contribution in [0.3, 0.4) is 0 Å². The highest BCUT2D eigenvalue weighted by molar-refractivity contribution is 5.88. The number of ether oxygens (including phenoxy) is 1. The number of benzene rings is 1. The van der Waals surface area contributed by atoms with Crippen LogP contribution >= 0.6 is 0 Å². The molecule has 2 aromatic rings. The molecule has 1 aromatic heterocycles. The molecule has 0 radical (unpaired) electrons. The summed E-state index contributed by atoms with van der Waals surface area (Å²) >= 11 is 0. The molecule has 0 unspecified atom stereocenters. The zero-order valence-corrected chi connectivity index (χ0v) is 11.9. The van der Waals surface area contributed by atoms with Crippen molar-refractivity contribution in [3.05, 3.63) is 58.5 Å². The number of carbonyl (C=O) groups excluding carboxylic acids is 1. The number of aryl methyl sites for hydroxylation is 1. The monoisotopic (exact) mass is 287 g/mol. The Labute approximate surface area is 122 Å². The van der Waals surface area contributed by atoms with Crippen LogP contribution in [-0.2, 0) is 13.6 Å². The first-order valence-corrected chi connectivity index (χ1v) is 6.43. The molecule has 0 saturated heterocycles. The molecule has 2 N–H and O–H groups in total. The fourth-order valence-corrected chi connectivity index (χ4v) is 1.78. The highest BCUT2D eigenvalue weighted by Gasteiger charge is 2.05. The molecule has 0 spiro atoms. The predicted molar refractivity (Wildman–Crippen MR) is 80.5 cm³/mol. The maximum atomic E-state index is 11.8. The van der Waals surface area contributed by atoms with Gasteiger partial charge < -0.3 is 19.9 Å². The smallest absolute Gasteiger partial charge is 0.319 e. The van der Waals surface area contributed by atoms with Gasteiger partial charge in [0.05, 0.1) is 7.11 Å². The summed E-state index contributed by atoms with van der Waals surface area (Å²) in [7, 11) is 3.23. The molecular formula is C15H17N3O3. The van der Waals surface area contributed by atoms with E-state index >= 15 is 0 Å². The molecule has 0 aliphatic carbocycles. The lowest BCUT2D eigenvalue weighted by molar-refractivity contribution is 0.251. The third-order valence-electron chi connectivity index (χ3n) is 2.98. The van der Waals surface area contributed by atoms with Gasteiger partial charge in [-0.15, -0.1) is 0 Å². The molecule has 6 nitrogen and oxygen atoms in total. The van der Waals surface area contributed by atoms with Gasteiger partial charge in [-0.05, 0) is 29.8 Å². The van der Waals surface area contributed by atoms with E-state index in [0.29, 0.717) is 6.54 Å². The minimum absolute atomic E-state index is 0.243. The molecule has 2 rings (SSSR count). The van der Waals surface area contributed by atoms with E-state index in [4.69, 9.17) is 4.74 Å². The van der Waals surface area contributed by atoms with E-state index in [-0.39, 0.29) is 11.2 Å². The number of nitrogens with one attached hydrogen (secondary N) is 2. The quantitative estimate of drug-likeness (QED) is 0.899. The molecule has 0 aliphatic heterocycles. The molecule has 0 atom stereocenters. The topological polar surface area (TPSA) is 72.4 Å². The minimum atomic E-state index is -0.422. The van der Waals surface area contributed by atoms with Gasteiger partial charge in [0, 0.05) is 19.8 Å². The molecule has 21 heavy (non-hydrogen) atoms. The summed E-state index contributed by atoms with van der Waals surface area (Å²) in [5.41, 5.74) is 0.927. The number of pyridine rings is 1. The molecule has 2 amide bonds. The number of hydrogen-bond acceptors (Lipinski definition) is 3. The van der Waals surface area contributed by atoms with Crippen LogP contribution in [0.5, 0.6) is 5.75 Å². The molecule has 0 aliphatic rings. The van der Waals surface area contributed by atoms with Crippen molar-refractivity contribution in [1.82, 2.24) is 9.88 Å². The molecule has 6 heteroatoms. The molecule has 0 bridgehead atoms. The Morgan fingerprint density at radius 1 is 1.24 bits per heavy atom. The van der Waals surface area contributed by atoms with E-state index in [1.165, 1.54) is 4.57 Å². The van der Waals surface area contributed by atoms with Gasteiger partial charge in [0.25, 0.3) is 5.56 Å². The fourth-order valence-electron chi connectivity index (χ4n) is 1.78. The lowest BCUT2D eigenvalue weighted by Crippen LogP contribution is -2.31. The van der Waals surface area contributed by atoms with Gasteiger partial charge in [-0.25, -0.2) is 4.79 Å². The van der Waals surface area contributed by atoms with Crippen LogP contribution in [0.25, 0.3) is 0 Å². The molecule has 1 aromatic carbocycles. The van der Waals surface area contributed by atoms with Gasteiger partial charge in [-0.2, -0.15) is 0 Å². The average molecular weight is 287 g/mol. The van der Waals surface area contributed by atoms with Crippen LogP contribution in [0.1, 0.15) is 5.56 Å². The third kappa shape index (κ3) is 3.85. The summed E-state index contributed by atoms with van der Waals surface area (Å²) in [4.78, 5) is 23.5. The van der Waals surface area contributed by atoms with Crippen molar-refractivity contribution in [2.75, 3.05) is 12.4 Å². The van der Waals surface area contributed by atoms with Gasteiger partial charge in [-0.1, -0.05) is 12.1 Å². The van der Waals surface area contributed by atoms with Gasteiger partial charge >= 0.3 is 6.03 Å². The highest BCUT2D eigenvalue weighted by atomic mass is 16.5. The summed E-state index contributed by atoms with van der Waals surface area (Å²) in [5.74, 6) is 0.760. The number of amides is 2. The first-order chi connectivity index (χ1) is 10.1. The Morgan fingerprint density at radius 2 is 1.95 bits per heavy atom. The minimum Gasteiger partial charge on any atom is -0.497 e. The number of aromatic nitrogens is 1. The second-order valence-electron chi connectivity index (χ2n) is 4.49. The first kappa shape index (κ1) is 14.6. The van der Waals surface area contributed by atoms with Crippen LogP contribution in [0.4, 0.5) is 10.5 Å². The lowest BCUT2D eigenvalue weighted by atomic mass is 10.2. The Kier molecular flexibility index (Phi) is 4.61. The van der Waals surface area contributed by atoms with E-state index < -0.39 is 6.03 Å². The molecule has 110 valence electrons. The van der Waals surface area contributed by atoms with Crippen LogP contribution in [-0.4, -0.2) is 17.7 Å². The largest absolute Gasteiger partial charge is 0.497 e. The normalized spacial score (nSPS) is 10.0. The van der Waals surface area contributed by atoms with Gasteiger partial charge in [0.2, 0.25) is 0 Å². The first-order valence-electron chi connectivity index (χ1n) is 6.43. The summed E-state index contributed by atoms with van der Waals surface area (Å²) in [5, 5.41) is 5.23. The van der Waals surface area contributed by atoms with Crippen molar-refractivity contribution < 1.29 is 9.53 Å². The van der Waals surface area contributed by atoms with E-state index in [1.807, 2.05) is 24.3 Å². The third-order valence-corrected chi connectivity index (χ3v) is 2.98.